The van der Waals surface area contributed by atoms with Crippen molar-refractivity contribution in [1.82, 2.24) is 4.90 Å². The molecule has 2 N–H and O–H groups in total. The Hall–Kier alpha value is -3.68. The first-order valence-corrected chi connectivity index (χ1v) is 10.1. The number of hydrogen-bond donors (Lipinski definition) is 2. The number of carbonyl (C=O) groups is 4. The van der Waals surface area contributed by atoms with Crippen molar-refractivity contribution in [2.75, 3.05) is 30.3 Å². The lowest BCUT2D eigenvalue weighted by atomic mass is 9.97. The van der Waals surface area contributed by atoms with Gasteiger partial charge in [0.15, 0.2) is 12.4 Å². The highest BCUT2D eigenvalue weighted by atomic mass is 16.5. The van der Waals surface area contributed by atoms with Crippen molar-refractivity contribution in [3.8, 4) is 0 Å². The number of anilines is 2. The molecule has 0 saturated carbocycles. The third-order valence-electron chi connectivity index (χ3n) is 5.01. The highest BCUT2D eigenvalue weighted by molar-refractivity contribution is 5.98. The van der Waals surface area contributed by atoms with Gasteiger partial charge in [-0.1, -0.05) is 18.2 Å². The number of nitrogens with one attached hydrogen (secondary N) is 2. The van der Waals surface area contributed by atoms with Crippen LogP contribution in [0.15, 0.2) is 54.6 Å². The third kappa shape index (κ3) is 6.40. The maximum atomic E-state index is 12.3. The lowest BCUT2D eigenvalue weighted by molar-refractivity contribution is -0.148. The number of ether oxygens (including phenoxy) is 1. The van der Waals surface area contributed by atoms with Crippen LogP contribution in [-0.2, 0) is 14.3 Å². The van der Waals surface area contributed by atoms with Gasteiger partial charge in [0, 0.05) is 37.0 Å². The summed E-state index contributed by atoms with van der Waals surface area (Å²) < 4.78 is 5.21. The number of amides is 3. The standard InChI is InChI=1S/C23H25N3O5/c1-16(27)24-20-9-7-17(8-10-20)21(28)15-31-22(29)18-11-13-26(14-12-18)23(30)25-19-5-3-2-4-6-19/h2-10,18H,11-15H2,1H3,(H,24,27)(H,25,30). The molecule has 0 unspecified atom stereocenters. The third-order valence-corrected chi connectivity index (χ3v) is 5.01. The van der Waals surface area contributed by atoms with Crippen LogP contribution >= 0.6 is 0 Å². The number of benzene rings is 2. The fraction of sp³-hybridized carbons (Fsp3) is 0.304. The van der Waals surface area contributed by atoms with Crippen molar-refractivity contribution >= 4 is 35.1 Å². The molecule has 1 aliphatic heterocycles. The number of esters is 1. The topological polar surface area (TPSA) is 105 Å². The predicted octanol–water partition coefficient (Wildman–Crippen LogP) is 3.32. The van der Waals surface area contributed by atoms with Crippen molar-refractivity contribution in [2.45, 2.75) is 19.8 Å². The maximum Gasteiger partial charge on any atom is 0.321 e. The van der Waals surface area contributed by atoms with Crippen LogP contribution in [0.1, 0.15) is 30.1 Å². The van der Waals surface area contributed by atoms with Gasteiger partial charge in [0.2, 0.25) is 5.91 Å². The Morgan fingerprint density at radius 2 is 1.52 bits per heavy atom. The van der Waals surface area contributed by atoms with Gasteiger partial charge in [-0.25, -0.2) is 4.79 Å². The van der Waals surface area contributed by atoms with E-state index >= 15 is 0 Å². The second kappa shape index (κ2) is 10.4. The molecule has 3 amide bonds. The Morgan fingerprint density at radius 3 is 2.13 bits per heavy atom. The van der Waals surface area contributed by atoms with Crippen molar-refractivity contribution in [2.24, 2.45) is 5.92 Å². The molecular weight excluding hydrogens is 398 g/mol. The van der Waals surface area contributed by atoms with Crippen LogP contribution in [-0.4, -0.2) is 48.3 Å². The van der Waals surface area contributed by atoms with E-state index in [1.165, 1.54) is 6.92 Å². The fourth-order valence-corrected chi connectivity index (χ4v) is 3.32. The molecule has 0 aromatic heterocycles. The molecule has 162 valence electrons. The maximum absolute atomic E-state index is 12.3. The Labute approximate surface area is 180 Å². The summed E-state index contributed by atoms with van der Waals surface area (Å²) in [5.74, 6) is -1.28. The zero-order chi connectivity index (χ0) is 22.2. The van der Waals surface area contributed by atoms with Gasteiger partial charge in [-0.05, 0) is 49.2 Å². The van der Waals surface area contributed by atoms with E-state index in [-0.39, 0.29) is 30.2 Å². The summed E-state index contributed by atoms with van der Waals surface area (Å²) in [6.07, 6.45) is 0.974. The van der Waals surface area contributed by atoms with E-state index in [1.807, 2.05) is 30.3 Å². The van der Waals surface area contributed by atoms with Crippen LogP contribution in [0.2, 0.25) is 0 Å². The Kier molecular flexibility index (Phi) is 7.37. The second-order valence-corrected chi connectivity index (χ2v) is 7.35. The van der Waals surface area contributed by atoms with Crippen LogP contribution in [0.4, 0.5) is 16.2 Å². The molecule has 0 atom stereocenters. The minimum atomic E-state index is -0.425. The van der Waals surface area contributed by atoms with Gasteiger partial charge < -0.3 is 20.3 Å². The average Bonchev–Trinajstić information content (AvgIpc) is 2.78. The van der Waals surface area contributed by atoms with Crippen molar-refractivity contribution in [3.63, 3.8) is 0 Å². The zero-order valence-corrected chi connectivity index (χ0v) is 17.3. The first kappa shape index (κ1) is 22.0. The molecule has 0 spiro atoms. The molecule has 1 fully saturated rings. The number of rotatable bonds is 6. The minimum Gasteiger partial charge on any atom is -0.457 e. The number of carbonyl (C=O) groups excluding carboxylic acids is 4. The Bertz CT molecular complexity index is 935. The molecule has 3 rings (SSSR count). The fourth-order valence-electron chi connectivity index (χ4n) is 3.32. The molecule has 2 aromatic carbocycles. The van der Waals surface area contributed by atoms with E-state index in [9.17, 15) is 19.2 Å². The van der Waals surface area contributed by atoms with E-state index in [4.69, 9.17) is 4.74 Å². The summed E-state index contributed by atoms with van der Waals surface area (Å²) in [6.45, 7) is 1.94. The van der Waals surface area contributed by atoms with Gasteiger partial charge in [0.05, 0.1) is 5.92 Å². The van der Waals surface area contributed by atoms with Crippen molar-refractivity contribution in [1.29, 1.82) is 0 Å². The normalized spacial score (nSPS) is 13.9. The smallest absolute Gasteiger partial charge is 0.321 e. The monoisotopic (exact) mass is 423 g/mol. The number of Topliss-reactive ketones (excluding diaryl/α,β-unsaturated/α-hetero) is 1. The quantitative estimate of drug-likeness (QED) is 0.548. The number of piperidine rings is 1. The number of nitrogens with zero attached hydrogens (tertiary/aromatic N) is 1. The van der Waals surface area contributed by atoms with E-state index in [2.05, 4.69) is 10.6 Å². The Balaban J connectivity index is 1.42. The van der Waals surface area contributed by atoms with E-state index in [1.54, 1.807) is 29.2 Å². The number of urea groups is 1. The van der Waals surface area contributed by atoms with Crippen LogP contribution in [0.5, 0.6) is 0 Å². The SMILES string of the molecule is CC(=O)Nc1ccc(C(=O)COC(=O)C2CCN(C(=O)Nc3ccccc3)CC2)cc1. The highest BCUT2D eigenvalue weighted by Gasteiger charge is 2.28. The molecule has 8 nitrogen and oxygen atoms in total. The van der Waals surface area contributed by atoms with E-state index < -0.39 is 5.97 Å². The molecule has 0 radical (unpaired) electrons. The summed E-state index contributed by atoms with van der Waals surface area (Å²) in [4.78, 5) is 49.6. The van der Waals surface area contributed by atoms with Gasteiger partial charge in [0.25, 0.3) is 0 Å². The summed E-state index contributed by atoms with van der Waals surface area (Å²) in [5, 5.41) is 5.45. The van der Waals surface area contributed by atoms with E-state index in [0.29, 0.717) is 37.2 Å². The molecule has 31 heavy (non-hydrogen) atoms. The second-order valence-electron chi connectivity index (χ2n) is 7.35. The van der Waals surface area contributed by atoms with Gasteiger partial charge in [-0.15, -0.1) is 0 Å². The largest absolute Gasteiger partial charge is 0.457 e. The molecule has 0 aliphatic carbocycles. The first-order valence-electron chi connectivity index (χ1n) is 10.1. The van der Waals surface area contributed by atoms with Crippen LogP contribution in [0, 0.1) is 5.92 Å². The van der Waals surface area contributed by atoms with Crippen LogP contribution in [0.3, 0.4) is 0 Å². The van der Waals surface area contributed by atoms with Gasteiger partial charge in [0.1, 0.15) is 0 Å². The lowest BCUT2D eigenvalue weighted by Gasteiger charge is -2.30. The lowest BCUT2D eigenvalue weighted by Crippen LogP contribution is -2.42. The Morgan fingerprint density at radius 1 is 0.903 bits per heavy atom. The van der Waals surface area contributed by atoms with Gasteiger partial charge in [-0.3, -0.25) is 14.4 Å². The highest BCUT2D eigenvalue weighted by Crippen LogP contribution is 2.20. The molecule has 2 aromatic rings. The van der Waals surface area contributed by atoms with Crippen LogP contribution in [0.25, 0.3) is 0 Å². The predicted molar refractivity (Wildman–Crippen MR) is 116 cm³/mol. The molecule has 8 heteroatoms. The molecule has 1 saturated heterocycles. The van der Waals surface area contributed by atoms with Crippen molar-refractivity contribution < 1.29 is 23.9 Å². The number of likely N-dealkylation sites (tertiary alicyclic amines) is 1. The summed E-state index contributed by atoms with van der Waals surface area (Å²) in [6, 6.07) is 15.4. The first-order chi connectivity index (χ1) is 14.9. The number of hydrogen-bond acceptors (Lipinski definition) is 5. The average molecular weight is 423 g/mol. The number of ketones is 1. The van der Waals surface area contributed by atoms with Gasteiger partial charge in [-0.2, -0.15) is 0 Å². The summed E-state index contributed by atoms with van der Waals surface area (Å²) in [5.41, 5.74) is 1.70. The molecule has 1 aliphatic rings. The number of para-hydroxylation sites is 1. The van der Waals surface area contributed by atoms with Crippen LogP contribution < -0.4 is 10.6 Å². The minimum absolute atomic E-state index is 0.198. The zero-order valence-electron chi connectivity index (χ0n) is 17.3. The van der Waals surface area contributed by atoms with E-state index in [0.717, 1.165) is 5.69 Å². The van der Waals surface area contributed by atoms with Gasteiger partial charge >= 0.3 is 12.0 Å². The molecular formula is C23H25N3O5. The van der Waals surface area contributed by atoms with Crippen molar-refractivity contribution in [3.05, 3.63) is 60.2 Å². The molecule has 1 heterocycles. The summed E-state index contributed by atoms with van der Waals surface area (Å²) in [7, 11) is 0. The summed E-state index contributed by atoms with van der Waals surface area (Å²) >= 11 is 0. The molecule has 0 bridgehead atoms.